The lowest BCUT2D eigenvalue weighted by Gasteiger charge is -2.07. The van der Waals surface area contributed by atoms with Gasteiger partial charge >= 0.3 is 11.9 Å². The summed E-state index contributed by atoms with van der Waals surface area (Å²) < 4.78 is 0. The monoisotopic (exact) mass is 322 g/mol. The summed E-state index contributed by atoms with van der Waals surface area (Å²) in [5.41, 5.74) is 0.305. The molecule has 1 aromatic carbocycles. The van der Waals surface area contributed by atoms with Crippen LogP contribution in [0, 0.1) is 0 Å². The Morgan fingerprint density at radius 2 is 1.90 bits per heavy atom. The first-order chi connectivity index (χ1) is 10.0. The van der Waals surface area contributed by atoms with Crippen LogP contribution in [0.25, 0.3) is 0 Å². The predicted octanol–water partition coefficient (Wildman–Crippen LogP) is 4.23. The van der Waals surface area contributed by atoms with Gasteiger partial charge < -0.3 is 10.2 Å². The van der Waals surface area contributed by atoms with Crippen LogP contribution in [-0.4, -0.2) is 22.2 Å². The second-order valence-electron chi connectivity index (χ2n) is 3.76. The molecule has 0 atom stereocenters. The molecule has 110 valence electrons. The first kappa shape index (κ1) is 17.1. The molecule has 21 heavy (non-hydrogen) atoms. The number of hydrogen-bond donors (Lipinski definition) is 2. The number of carboxylic acids is 2. The van der Waals surface area contributed by atoms with E-state index in [1.165, 1.54) is 39.8 Å². The van der Waals surface area contributed by atoms with E-state index in [1.54, 1.807) is 31.2 Å². The molecule has 0 saturated carbocycles. The molecule has 0 bridgehead atoms. The molecule has 0 fully saturated rings. The van der Waals surface area contributed by atoms with E-state index in [9.17, 15) is 14.7 Å². The molecule has 0 unspecified atom stereocenters. The van der Waals surface area contributed by atoms with E-state index in [0.717, 1.165) is 0 Å². The summed E-state index contributed by atoms with van der Waals surface area (Å²) in [4.78, 5) is 23.3. The average molecular weight is 322 g/mol. The maximum Gasteiger partial charge on any atom is 0.336 e. The Morgan fingerprint density at radius 1 is 1.24 bits per heavy atom. The molecule has 1 aromatic rings. The van der Waals surface area contributed by atoms with Gasteiger partial charge in [-0.1, -0.05) is 58.5 Å². The normalized spacial score (nSPS) is 12.0. The van der Waals surface area contributed by atoms with Crippen molar-refractivity contribution < 1.29 is 19.8 Å². The summed E-state index contributed by atoms with van der Waals surface area (Å²) >= 11 is 0. The smallest absolute Gasteiger partial charge is 0.336 e. The van der Waals surface area contributed by atoms with E-state index >= 15 is 0 Å². The fourth-order valence-electron chi connectivity index (χ4n) is 1.42. The molecule has 0 aliphatic rings. The van der Waals surface area contributed by atoms with Crippen LogP contribution in [-0.2, 0) is 4.79 Å². The van der Waals surface area contributed by atoms with Crippen LogP contribution >= 0.6 is 21.6 Å². The number of aliphatic carboxylic acids is 1. The van der Waals surface area contributed by atoms with E-state index in [1.807, 2.05) is 0 Å². The van der Waals surface area contributed by atoms with Crippen molar-refractivity contribution >= 4 is 33.5 Å². The van der Waals surface area contributed by atoms with Crippen molar-refractivity contribution in [3.8, 4) is 0 Å². The summed E-state index contributed by atoms with van der Waals surface area (Å²) in [5, 5.41) is 18.3. The highest BCUT2D eigenvalue weighted by molar-refractivity contribution is 8.78. The number of benzene rings is 1. The zero-order chi connectivity index (χ0) is 15.8. The van der Waals surface area contributed by atoms with Gasteiger partial charge in [-0.2, -0.15) is 0 Å². The van der Waals surface area contributed by atoms with Crippen LogP contribution in [0.1, 0.15) is 17.3 Å². The number of carbonyl (C=O) groups is 2. The maximum atomic E-state index is 11.2. The van der Waals surface area contributed by atoms with Crippen LogP contribution in [0.15, 0.2) is 64.4 Å². The van der Waals surface area contributed by atoms with E-state index < -0.39 is 11.9 Å². The quantitative estimate of drug-likeness (QED) is 0.444. The number of hydrogen-bond acceptors (Lipinski definition) is 4. The van der Waals surface area contributed by atoms with Gasteiger partial charge in [0.1, 0.15) is 0 Å². The van der Waals surface area contributed by atoms with Gasteiger partial charge in [-0.25, -0.2) is 9.59 Å². The van der Waals surface area contributed by atoms with Crippen LogP contribution in [0.5, 0.6) is 0 Å². The van der Waals surface area contributed by atoms with Crippen LogP contribution in [0.3, 0.4) is 0 Å². The van der Waals surface area contributed by atoms with Gasteiger partial charge in [-0.05, 0) is 19.1 Å². The van der Waals surface area contributed by atoms with Gasteiger partial charge in [0.05, 0.1) is 11.1 Å². The van der Waals surface area contributed by atoms with Crippen LogP contribution in [0.4, 0.5) is 0 Å². The van der Waals surface area contributed by atoms with Crippen molar-refractivity contribution in [2.24, 2.45) is 0 Å². The third-order valence-electron chi connectivity index (χ3n) is 2.35. The minimum atomic E-state index is -1.05. The maximum absolute atomic E-state index is 11.2. The van der Waals surface area contributed by atoms with Gasteiger partial charge in [0, 0.05) is 9.80 Å². The molecule has 0 aliphatic carbocycles. The predicted molar refractivity (Wildman–Crippen MR) is 86.5 cm³/mol. The molecule has 2 N–H and O–H groups in total. The fourth-order valence-corrected chi connectivity index (χ4v) is 3.74. The zero-order valence-corrected chi connectivity index (χ0v) is 12.9. The summed E-state index contributed by atoms with van der Waals surface area (Å²) in [6.45, 7) is 5.33. The van der Waals surface area contributed by atoms with Crippen molar-refractivity contribution in [3.05, 3.63) is 65.1 Å². The molecule has 1 rings (SSSR count). The molecule has 0 spiro atoms. The Balaban J connectivity index is 3.05. The second kappa shape index (κ2) is 8.39. The van der Waals surface area contributed by atoms with Crippen molar-refractivity contribution in [1.29, 1.82) is 0 Å². The second-order valence-corrected chi connectivity index (χ2v) is 5.97. The molecular formula is C15H14O4S2. The van der Waals surface area contributed by atoms with E-state index in [2.05, 4.69) is 6.58 Å². The molecule has 0 aliphatic heterocycles. The Bertz CT molecular complexity index is 618. The summed E-state index contributed by atoms with van der Waals surface area (Å²) in [6, 6.07) is 6.56. The Kier molecular flexibility index (Phi) is 6.84. The Hall–Kier alpha value is -1.92. The molecule has 0 aromatic heterocycles. The van der Waals surface area contributed by atoms with Crippen molar-refractivity contribution in [2.45, 2.75) is 11.8 Å². The lowest BCUT2D eigenvalue weighted by Crippen LogP contribution is -2.00. The number of allylic oxidation sites excluding steroid dienone is 2. The molecule has 0 heterocycles. The zero-order valence-electron chi connectivity index (χ0n) is 11.3. The minimum Gasteiger partial charge on any atom is -0.478 e. The van der Waals surface area contributed by atoms with Crippen LogP contribution in [0.2, 0.25) is 0 Å². The highest BCUT2D eigenvalue weighted by Gasteiger charge is 2.13. The minimum absolute atomic E-state index is 0.123. The highest BCUT2D eigenvalue weighted by Crippen LogP contribution is 2.40. The highest BCUT2D eigenvalue weighted by atomic mass is 33.1. The molecule has 4 nitrogen and oxygen atoms in total. The van der Waals surface area contributed by atoms with Gasteiger partial charge in [0.2, 0.25) is 0 Å². The lowest BCUT2D eigenvalue weighted by molar-refractivity contribution is -0.132. The SMILES string of the molecule is C=C/C(SSc1ccccc1C(=O)O)=C(\C=C/C)C(=O)O. The van der Waals surface area contributed by atoms with Crippen molar-refractivity contribution in [1.82, 2.24) is 0 Å². The van der Waals surface area contributed by atoms with Crippen molar-refractivity contribution in [3.63, 3.8) is 0 Å². The van der Waals surface area contributed by atoms with E-state index in [0.29, 0.717) is 9.80 Å². The lowest BCUT2D eigenvalue weighted by atomic mass is 10.2. The molecule has 6 heteroatoms. The standard InChI is InChI=1S/C15H14O4S2/c1-3-7-10(14(16)17)12(4-2)20-21-13-9-6-5-8-11(13)15(18)19/h3-9H,2H2,1H3,(H,16,17)(H,18,19)/b7-3-,12-10-. The average Bonchev–Trinajstić information content (AvgIpc) is 2.46. The van der Waals surface area contributed by atoms with Gasteiger partial charge in [-0.3, -0.25) is 0 Å². The number of carboxylic acid groups (broad SMARTS) is 2. The van der Waals surface area contributed by atoms with Gasteiger partial charge in [-0.15, -0.1) is 0 Å². The van der Waals surface area contributed by atoms with Crippen molar-refractivity contribution in [2.75, 3.05) is 0 Å². The van der Waals surface area contributed by atoms with Gasteiger partial charge in [0.25, 0.3) is 0 Å². The molecule has 0 amide bonds. The van der Waals surface area contributed by atoms with Crippen LogP contribution < -0.4 is 0 Å². The number of aromatic carboxylic acids is 1. The molecular weight excluding hydrogens is 308 g/mol. The topological polar surface area (TPSA) is 74.6 Å². The Labute approximate surface area is 130 Å². The fraction of sp³-hybridized carbons (Fsp3) is 0.0667. The largest absolute Gasteiger partial charge is 0.478 e. The third-order valence-corrected chi connectivity index (χ3v) is 4.87. The first-order valence-electron chi connectivity index (χ1n) is 5.90. The third kappa shape index (κ3) is 4.84. The van der Waals surface area contributed by atoms with E-state index in [4.69, 9.17) is 5.11 Å². The summed E-state index contributed by atoms with van der Waals surface area (Å²) in [5.74, 6) is -2.07. The molecule has 0 radical (unpaired) electrons. The number of rotatable bonds is 7. The summed E-state index contributed by atoms with van der Waals surface area (Å²) in [7, 11) is 2.35. The summed E-state index contributed by atoms with van der Waals surface area (Å²) in [6.07, 6.45) is 4.56. The first-order valence-corrected chi connectivity index (χ1v) is 8.05. The van der Waals surface area contributed by atoms with E-state index in [-0.39, 0.29) is 11.1 Å². The Morgan fingerprint density at radius 3 is 2.43 bits per heavy atom. The molecule has 0 saturated heterocycles. The van der Waals surface area contributed by atoms with Gasteiger partial charge in [0.15, 0.2) is 0 Å².